The lowest BCUT2D eigenvalue weighted by atomic mass is 9.94. The smallest absolute Gasteiger partial charge is 0.306 e. The number of carboxylic acids is 1. The maximum absolute atomic E-state index is 10.7. The number of carboxylic acid groups (broad SMARTS) is 1. The largest absolute Gasteiger partial charge is 0.481 e. The summed E-state index contributed by atoms with van der Waals surface area (Å²) in [4.78, 5) is 10.7. The van der Waals surface area contributed by atoms with Gasteiger partial charge in [-0.3, -0.25) is 4.79 Å². The van der Waals surface area contributed by atoms with Crippen LogP contribution < -0.4 is 0 Å². The van der Waals surface area contributed by atoms with E-state index >= 15 is 0 Å². The highest BCUT2D eigenvalue weighted by molar-refractivity contribution is 5.70. The Morgan fingerprint density at radius 3 is 2.46 bits per heavy atom. The van der Waals surface area contributed by atoms with Crippen molar-refractivity contribution in [2.75, 3.05) is 0 Å². The molecule has 13 heavy (non-hydrogen) atoms. The molecule has 0 amide bonds. The van der Waals surface area contributed by atoms with Gasteiger partial charge in [-0.05, 0) is 19.1 Å². The highest BCUT2D eigenvalue weighted by Gasteiger charge is 2.23. The van der Waals surface area contributed by atoms with E-state index in [-0.39, 0.29) is 5.92 Å². The fourth-order valence-corrected chi connectivity index (χ4v) is 1.16. The van der Waals surface area contributed by atoms with Gasteiger partial charge in [0.25, 0.3) is 0 Å². The number of aryl methyl sites for hydroxylation is 1. The van der Waals surface area contributed by atoms with E-state index in [0.717, 1.165) is 11.5 Å². The predicted octanol–water partition coefficient (Wildman–Crippen LogP) is 2.41. The minimum atomic E-state index is -0.790. The Kier molecular flexibility index (Phi) is 2.76. The second-order valence-corrected chi connectivity index (χ2v) is 3.36. The molecule has 0 aliphatic carbocycles. The summed E-state index contributed by atoms with van der Waals surface area (Å²) in [5.74, 6) is 0.283. The van der Waals surface area contributed by atoms with Gasteiger partial charge in [-0.15, -0.1) is 0 Å². The molecular weight excluding hydrogens is 168 g/mol. The summed E-state index contributed by atoms with van der Waals surface area (Å²) in [6.45, 7) is 5.39. The van der Waals surface area contributed by atoms with Gasteiger partial charge in [0.1, 0.15) is 11.5 Å². The van der Waals surface area contributed by atoms with Crippen LogP contribution in [0.2, 0.25) is 0 Å². The van der Waals surface area contributed by atoms with Gasteiger partial charge in [-0.2, -0.15) is 0 Å². The second-order valence-electron chi connectivity index (χ2n) is 3.36. The van der Waals surface area contributed by atoms with Crippen LogP contribution in [0.25, 0.3) is 0 Å². The van der Waals surface area contributed by atoms with Crippen LogP contribution in [0.5, 0.6) is 0 Å². The van der Waals surface area contributed by atoms with Crippen molar-refractivity contribution in [1.29, 1.82) is 0 Å². The normalized spacial score (nSPS) is 15.3. The molecule has 0 spiro atoms. The number of hydrogen-bond donors (Lipinski definition) is 1. The van der Waals surface area contributed by atoms with Crippen LogP contribution in [-0.2, 0) is 4.79 Å². The van der Waals surface area contributed by atoms with Crippen molar-refractivity contribution >= 4 is 5.97 Å². The first-order valence-electron chi connectivity index (χ1n) is 4.31. The molecule has 1 aromatic heterocycles. The van der Waals surface area contributed by atoms with E-state index in [0.29, 0.717) is 0 Å². The first kappa shape index (κ1) is 9.84. The van der Waals surface area contributed by atoms with Crippen molar-refractivity contribution < 1.29 is 14.3 Å². The standard InChI is InChI=1S/C10H14O3/c1-6-4-5-9(13-6)7(2)8(3)10(11)12/h4-5,7-8H,1-3H3,(H,11,12). The summed E-state index contributed by atoms with van der Waals surface area (Å²) < 4.78 is 5.35. The average Bonchev–Trinajstić information content (AvgIpc) is 2.49. The monoisotopic (exact) mass is 182 g/mol. The van der Waals surface area contributed by atoms with E-state index in [9.17, 15) is 4.79 Å². The van der Waals surface area contributed by atoms with Gasteiger partial charge >= 0.3 is 5.97 Å². The maximum atomic E-state index is 10.7. The molecule has 0 bridgehead atoms. The highest BCUT2D eigenvalue weighted by atomic mass is 16.4. The van der Waals surface area contributed by atoms with Crippen LogP contribution in [0.4, 0.5) is 0 Å². The van der Waals surface area contributed by atoms with E-state index in [1.54, 1.807) is 6.92 Å². The van der Waals surface area contributed by atoms with Crippen molar-refractivity contribution in [1.82, 2.24) is 0 Å². The molecule has 3 nitrogen and oxygen atoms in total. The van der Waals surface area contributed by atoms with Gasteiger partial charge in [0.15, 0.2) is 0 Å². The quantitative estimate of drug-likeness (QED) is 0.780. The minimum absolute atomic E-state index is 0.0776. The van der Waals surface area contributed by atoms with E-state index < -0.39 is 11.9 Å². The topological polar surface area (TPSA) is 50.4 Å². The molecule has 72 valence electrons. The minimum Gasteiger partial charge on any atom is -0.481 e. The zero-order valence-electron chi connectivity index (χ0n) is 8.07. The molecule has 0 aromatic carbocycles. The van der Waals surface area contributed by atoms with Gasteiger partial charge in [-0.25, -0.2) is 0 Å². The van der Waals surface area contributed by atoms with Gasteiger partial charge < -0.3 is 9.52 Å². The Labute approximate surface area is 77.4 Å². The zero-order valence-corrected chi connectivity index (χ0v) is 8.07. The van der Waals surface area contributed by atoms with Crippen LogP contribution >= 0.6 is 0 Å². The molecule has 0 aliphatic heterocycles. The Hall–Kier alpha value is -1.25. The van der Waals surface area contributed by atoms with Crippen LogP contribution in [0.3, 0.4) is 0 Å². The molecule has 2 unspecified atom stereocenters. The van der Waals surface area contributed by atoms with Crippen LogP contribution in [0.1, 0.15) is 31.3 Å². The van der Waals surface area contributed by atoms with E-state index in [2.05, 4.69) is 0 Å². The molecular formula is C10H14O3. The molecule has 3 heteroatoms. The first-order valence-corrected chi connectivity index (χ1v) is 4.31. The van der Waals surface area contributed by atoms with Crippen molar-refractivity contribution in [3.8, 4) is 0 Å². The number of carbonyl (C=O) groups is 1. The number of hydrogen-bond acceptors (Lipinski definition) is 2. The van der Waals surface area contributed by atoms with E-state index in [1.807, 2.05) is 26.0 Å². The number of furan rings is 1. The molecule has 1 N–H and O–H groups in total. The molecule has 1 heterocycles. The average molecular weight is 182 g/mol. The first-order chi connectivity index (χ1) is 6.02. The number of aliphatic carboxylic acids is 1. The second kappa shape index (κ2) is 3.64. The van der Waals surface area contributed by atoms with E-state index in [1.165, 1.54) is 0 Å². The van der Waals surface area contributed by atoms with Gasteiger partial charge in [0.05, 0.1) is 5.92 Å². The van der Waals surface area contributed by atoms with Crippen molar-refractivity contribution in [2.45, 2.75) is 26.7 Å². The lowest BCUT2D eigenvalue weighted by Crippen LogP contribution is -2.16. The maximum Gasteiger partial charge on any atom is 0.306 e. The zero-order chi connectivity index (χ0) is 10.0. The fourth-order valence-electron chi connectivity index (χ4n) is 1.16. The van der Waals surface area contributed by atoms with Crippen molar-refractivity contribution in [3.05, 3.63) is 23.7 Å². The Morgan fingerprint density at radius 1 is 1.46 bits per heavy atom. The SMILES string of the molecule is Cc1ccc(C(C)C(C)C(=O)O)o1. The summed E-state index contributed by atoms with van der Waals surface area (Å²) >= 11 is 0. The van der Waals surface area contributed by atoms with E-state index in [4.69, 9.17) is 9.52 Å². The third-order valence-electron chi connectivity index (χ3n) is 2.35. The summed E-state index contributed by atoms with van der Waals surface area (Å²) in [6.07, 6.45) is 0. The lowest BCUT2D eigenvalue weighted by molar-refractivity contribution is -0.141. The lowest BCUT2D eigenvalue weighted by Gasteiger charge is -2.12. The molecule has 2 atom stereocenters. The molecule has 0 saturated heterocycles. The van der Waals surface area contributed by atoms with Crippen molar-refractivity contribution in [3.63, 3.8) is 0 Å². The summed E-state index contributed by atoms with van der Waals surface area (Å²) in [6, 6.07) is 3.68. The van der Waals surface area contributed by atoms with Crippen LogP contribution in [0.15, 0.2) is 16.5 Å². The third-order valence-corrected chi connectivity index (χ3v) is 2.35. The fraction of sp³-hybridized carbons (Fsp3) is 0.500. The van der Waals surface area contributed by atoms with Gasteiger partial charge in [0, 0.05) is 5.92 Å². The summed E-state index contributed by atoms with van der Waals surface area (Å²) in [5, 5.41) is 8.78. The predicted molar refractivity (Wildman–Crippen MR) is 48.7 cm³/mol. The molecule has 1 rings (SSSR count). The Balaban J connectivity index is 2.78. The molecule has 0 fully saturated rings. The van der Waals surface area contributed by atoms with Crippen molar-refractivity contribution in [2.24, 2.45) is 5.92 Å². The van der Waals surface area contributed by atoms with Crippen LogP contribution in [0, 0.1) is 12.8 Å². The van der Waals surface area contributed by atoms with Gasteiger partial charge in [-0.1, -0.05) is 13.8 Å². The Morgan fingerprint density at radius 2 is 2.08 bits per heavy atom. The molecule has 0 radical (unpaired) electrons. The number of rotatable bonds is 3. The summed E-state index contributed by atoms with van der Waals surface area (Å²) in [5.41, 5.74) is 0. The highest BCUT2D eigenvalue weighted by Crippen LogP contribution is 2.25. The molecule has 0 aliphatic rings. The molecule has 0 saturated carbocycles. The summed E-state index contributed by atoms with van der Waals surface area (Å²) in [7, 11) is 0. The third kappa shape index (κ3) is 2.11. The van der Waals surface area contributed by atoms with Gasteiger partial charge in [0.2, 0.25) is 0 Å². The Bertz CT molecular complexity index is 301. The van der Waals surface area contributed by atoms with Crippen LogP contribution in [-0.4, -0.2) is 11.1 Å². The molecule has 1 aromatic rings.